The van der Waals surface area contributed by atoms with Gasteiger partial charge in [-0.2, -0.15) is 13.2 Å². The fraction of sp³-hybridized carbons (Fsp3) is 0.286. The van der Waals surface area contributed by atoms with Crippen LogP contribution in [0.4, 0.5) is 24.5 Å². The van der Waals surface area contributed by atoms with Crippen LogP contribution in [0.15, 0.2) is 54.9 Å². The Morgan fingerprint density at radius 2 is 1.84 bits per heavy atom. The maximum Gasteiger partial charge on any atom is 0.416 e. The molecule has 3 N–H and O–H groups in total. The maximum atomic E-state index is 13.8. The number of hydrogen-bond donors (Lipinski definition) is 3. The summed E-state index contributed by atoms with van der Waals surface area (Å²) in [4.78, 5) is 22.2. The summed E-state index contributed by atoms with van der Waals surface area (Å²) in [5.74, 6) is -0.621. The quantitative estimate of drug-likeness (QED) is 0.208. The van der Waals surface area contributed by atoms with Crippen LogP contribution in [0.5, 0.6) is 0 Å². The molecule has 2 heterocycles. The number of hydrogen-bond acceptors (Lipinski definition) is 4. The Balaban J connectivity index is 1.51. The standard InChI is InChI=1S/C28H29ClF3N5O/c1-4-37(5-2)16-19-8-7-18(12-23(19)28(30,31)32)27(38)36-21-9-6-17(3)24(13-21)34-14-20-15-35-26-22(25(20)29)10-11-33-26/h6-13,15,34H,4-5,14,16H2,1-3H3,(H,33,35)(H,36,38). The normalized spacial score (nSPS) is 11.8. The van der Waals surface area contributed by atoms with Crippen molar-refractivity contribution in [2.24, 2.45) is 0 Å². The Labute approximate surface area is 224 Å². The second-order valence-electron chi connectivity index (χ2n) is 9.01. The summed E-state index contributed by atoms with van der Waals surface area (Å²) < 4.78 is 41.5. The first kappa shape index (κ1) is 27.5. The third-order valence-electron chi connectivity index (χ3n) is 6.52. The van der Waals surface area contributed by atoms with E-state index in [1.165, 1.54) is 12.1 Å². The lowest BCUT2D eigenvalue weighted by atomic mass is 10.0. The molecule has 38 heavy (non-hydrogen) atoms. The van der Waals surface area contributed by atoms with Crippen molar-refractivity contribution in [1.29, 1.82) is 0 Å². The van der Waals surface area contributed by atoms with Gasteiger partial charge < -0.3 is 15.6 Å². The van der Waals surface area contributed by atoms with Crippen LogP contribution in [0.1, 0.15) is 46.5 Å². The summed E-state index contributed by atoms with van der Waals surface area (Å²) in [5, 5.41) is 7.44. The predicted molar refractivity (Wildman–Crippen MR) is 146 cm³/mol. The molecule has 0 spiro atoms. The number of aryl methyl sites for hydroxylation is 1. The molecular weight excluding hydrogens is 515 g/mol. The Kier molecular flexibility index (Phi) is 8.28. The van der Waals surface area contributed by atoms with Crippen molar-refractivity contribution in [3.8, 4) is 0 Å². The van der Waals surface area contributed by atoms with Crippen molar-refractivity contribution < 1.29 is 18.0 Å². The number of halogens is 4. The molecule has 1 amide bonds. The van der Waals surface area contributed by atoms with Gasteiger partial charge in [0.1, 0.15) is 5.65 Å². The van der Waals surface area contributed by atoms with Crippen LogP contribution < -0.4 is 10.6 Å². The van der Waals surface area contributed by atoms with E-state index < -0.39 is 17.6 Å². The first-order valence-electron chi connectivity index (χ1n) is 12.3. The number of alkyl halides is 3. The number of carbonyl (C=O) groups is 1. The van der Waals surface area contributed by atoms with Gasteiger partial charge in [-0.1, -0.05) is 37.6 Å². The summed E-state index contributed by atoms with van der Waals surface area (Å²) in [6.07, 6.45) is -1.11. The summed E-state index contributed by atoms with van der Waals surface area (Å²) in [5.41, 5.74) is 2.92. The minimum atomic E-state index is -4.57. The molecule has 4 aromatic rings. The van der Waals surface area contributed by atoms with Crippen LogP contribution in [-0.2, 0) is 19.3 Å². The highest BCUT2D eigenvalue weighted by atomic mass is 35.5. The average Bonchev–Trinajstić information content (AvgIpc) is 3.37. The van der Waals surface area contributed by atoms with E-state index in [1.54, 1.807) is 24.5 Å². The summed E-state index contributed by atoms with van der Waals surface area (Å²) >= 11 is 6.52. The van der Waals surface area contributed by atoms with Gasteiger partial charge in [-0.25, -0.2) is 4.98 Å². The van der Waals surface area contributed by atoms with Crippen LogP contribution in [0, 0.1) is 6.92 Å². The Hall–Kier alpha value is -3.56. The molecule has 0 aliphatic carbocycles. The second-order valence-corrected chi connectivity index (χ2v) is 9.38. The zero-order valence-corrected chi connectivity index (χ0v) is 22.1. The first-order chi connectivity index (χ1) is 18.1. The van der Waals surface area contributed by atoms with Crippen molar-refractivity contribution in [2.75, 3.05) is 23.7 Å². The van der Waals surface area contributed by atoms with Gasteiger partial charge in [0.15, 0.2) is 0 Å². The number of pyridine rings is 1. The average molecular weight is 544 g/mol. The minimum Gasteiger partial charge on any atom is -0.381 e. The molecule has 6 nitrogen and oxygen atoms in total. The van der Waals surface area contributed by atoms with Crippen molar-refractivity contribution in [3.63, 3.8) is 0 Å². The summed E-state index contributed by atoms with van der Waals surface area (Å²) in [6, 6.07) is 10.9. The third kappa shape index (κ3) is 6.11. The van der Waals surface area contributed by atoms with Gasteiger partial charge in [0.2, 0.25) is 0 Å². The number of anilines is 2. The zero-order chi connectivity index (χ0) is 27.4. The molecule has 2 aromatic heterocycles. The van der Waals surface area contributed by atoms with Gasteiger partial charge in [-0.05, 0) is 61.5 Å². The Bertz CT molecular complexity index is 1450. The van der Waals surface area contributed by atoms with Crippen LogP contribution in [0.2, 0.25) is 5.02 Å². The van der Waals surface area contributed by atoms with E-state index in [2.05, 4.69) is 20.6 Å². The van der Waals surface area contributed by atoms with Gasteiger partial charge in [0.25, 0.3) is 5.91 Å². The molecule has 0 unspecified atom stereocenters. The lowest BCUT2D eigenvalue weighted by Gasteiger charge is -2.21. The Morgan fingerprint density at radius 3 is 2.55 bits per heavy atom. The Morgan fingerprint density at radius 1 is 1.08 bits per heavy atom. The highest BCUT2D eigenvalue weighted by Gasteiger charge is 2.34. The smallest absolute Gasteiger partial charge is 0.381 e. The topological polar surface area (TPSA) is 73.1 Å². The van der Waals surface area contributed by atoms with E-state index >= 15 is 0 Å². The number of nitrogens with one attached hydrogen (secondary N) is 3. The van der Waals surface area contributed by atoms with E-state index in [9.17, 15) is 18.0 Å². The highest BCUT2D eigenvalue weighted by Crippen LogP contribution is 2.34. The monoisotopic (exact) mass is 543 g/mol. The van der Waals surface area contributed by atoms with E-state index in [1.807, 2.05) is 37.8 Å². The molecule has 0 saturated carbocycles. The van der Waals surface area contributed by atoms with E-state index in [0.29, 0.717) is 36.0 Å². The van der Waals surface area contributed by atoms with Gasteiger partial charge in [0.05, 0.1) is 10.6 Å². The molecule has 0 bridgehead atoms. The lowest BCUT2D eigenvalue weighted by molar-refractivity contribution is -0.138. The van der Waals surface area contributed by atoms with Crippen molar-refractivity contribution in [2.45, 2.75) is 40.0 Å². The fourth-order valence-electron chi connectivity index (χ4n) is 4.23. The van der Waals surface area contributed by atoms with E-state index in [-0.39, 0.29) is 17.7 Å². The highest BCUT2D eigenvalue weighted by molar-refractivity contribution is 6.36. The molecule has 0 atom stereocenters. The largest absolute Gasteiger partial charge is 0.416 e. The molecule has 0 aliphatic heterocycles. The second kappa shape index (κ2) is 11.4. The lowest BCUT2D eigenvalue weighted by Crippen LogP contribution is -2.24. The van der Waals surface area contributed by atoms with E-state index in [0.717, 1.165) is 28.3 Å². The predicted octanol–water partition coefficient (Wildman–Crippen LogP) is 7.25. The number of amides is 1. The molecule has 0 radical (unpaired) electrons. The summed E-state index contributed by atoms with van der Waals surface area (Å²) in [7, 11) is 0. The zero-order valence-electron chi connectivity index (χ0n) is 21.3. The van der Waals surface area contributed by atoms with Crippen LogP contribution >= 0.6 is 11.6 Å². The van der Waals surface area contributed by atoms with Gasteiger partial charge in [-0.3, -0.25) is 9.69 Å². The number of aromatic amines is 1. The van der Waals surface area contributed by atoms with Crippen LogP contribution in [0.3, 0.4) is 0 Å². The number of rotatable bonds is 9. The van der Waals surface area contributed by atoms with Crippen LogP contribution in [0.25, 0.3) is 11.0 Å². The number of nitrogens with zero attached hydrogens (tertiary/aromatic N) is 2. The van der Waals surface area contributed by atoms with Crippen molar-refractivity contribution >= 4 is 39.9 Å². The number of fused-ring (bicyclic) bond motifs is 1. The number of H-pyrrole nitrogens is 1. The molecule has 0 fully saturated rings. The van der Waals surface area contributed by atoms with Gasteiger partial charge in [0, 0.05) is 53.4 Å². The molecule has 0 aliphatic rings. The number of carbonyl (C=O) groups excluding carboxylic acids is 1. The molecule has 2 aromatic carbocycles. The molecule has 10 heteroatoms. The van der Waals surface area contributed by atoms with Crippen LogP contribution in [-0.4, -0.2) is 33.9 Å². The van der Waals surface area contributed by atoms with Gasteiger partial charge >= 0.3 is 6.18 Å². The fourth-order valence-corrected chi connectivity index (χ4v) is 4.50. The summed E-state index contributed by atoms with van der Waals surface area (Å²) in [6.45, 7) is 7.52. The maximum absolute atomic E-state index is 13.8. The van der Waals surface area contributed by atoms with E-state index in [4.69, 9.17) is 11.6 Å². The van der Waals surface area contributed by atoms with Crippen molar-refractivity contribution in [3.05, 3.63) is 87.7 Å². The molecule has 4 rings (SSSR count). The minimum absolute atomic E-state index is 0.0617. The first-order valence-corrected chi connectivity index (χ1v) is 12.7. The molecular formula is C28H29ClF3N5O. The third-order valence-corrected chi connectivity index (χ3v) is 6.97. The van der Waals surface area contributed by atoms with Crippen molar-refractivity contribution in [1.82, 2.24) is 14.9 Å². The van der Waals surface area contributed by atoms with Gasteiger partial charge in [-0.15, -0.1) is 0 Å². The number of benzene rings is 2. The molecule has 200 valence electrons. The number of aromatic nitrogens is 2. The SMILES string of the molecule is CCN(CC)Cc1ccc(C(=O)Nc2ccc(C)c(NCc3cnc4[nH]ccc4c3Cl)c2)cc1C(F)(F)F. The molecule has 0 saturated heterocycles.